The summed E-state index contributed by atoms with van der Waals surface area (Å²) in [6, 6.07) is 1.90. The van der Waals surface area contributed by atoms with Gasteiger partial charge in [-0.25, -0.2) is 0 Å². The summed E-state index contributed by atoms with van der Waals surface area (Å²) in [6.07, 6.45) is 4.85. The molecule has 0 fully saturated rings. The minimum atomic E-state index is -0.0542. The SMILES string of the molecule is CCC(C)c1ncc(C)cc1C(=O)NC.CCCCOC=O. The lowest BCUT2D eigenvalue weighted by atomic mass is 9.98. The van der Waals surface area contributed by atoms with E-state index in [1.165, 1.54) is 0 Å². The third-order valence-electron chi connectivity index (χ3n) is 3.29. The maximum absolute atomic E-state index is 11.7. The minimum Gasteiger partial charge on any atom is -0.468 e. The molecule has 0 aliphatic rings. The molecule has 1 atom stereocenters. The molecule has 1 aromatic rings. The Balaban J connectivity index is 0.000000534. The van der Waals surface area contributed by atoms with Gasteiger partial charge in [0.2, 0.25) is 0 Å². The zero-order chi connectivity index (χ0) is 17.0. The van der Waals surface area contributed by atoms with E-state index in [-0.39, 0.29) is 5.91 Å². The van der Waals surface area contributed by atoms with Crippen LogP contribution < -0.4 is 5.32 Å². The van der Waals surface area contributed by atoms with Crippen LogP contribution in [0.5, 0.6) is 0 Å². The Bertz CT molecular complexity index is 461. The summed E-state index contributed by atoms with van der Waals surface area (Å²) in [6.45, 7) is 9.23. The summed E-state index contributed by atoms with van der Waals surface area (Å²) >= 11 is 0. The van der Waals surface area contributed by atoms with Crippen LogP contribution in [0.4, 0.5) is 0 Å². The van der Waals surface area contributed by atoms with Crippen molar-refractivity contribution in [1.29, 1.82) is 0 Å². The molecular weight excluding hydrogens is 280 g/mol. The van der Waals surface area contributed by atoms with Crippen molar-refractivity contribution in [2.75, 3.05) is 13.7 Å². The third kappa shape index (κ3) is 7.20. The zero-order valence-electron chi connectivity index (χ0n) is 14.3. The number of nitrogens with one attached hydrogen (secondary N) is 1. The first-order valence-electron chi connectivity index (χ1n) is 7.75. The Morgan fingerprint density at radius 2 is 2.14 bits per heavy atom. The van der Waals surface area contributed by atoms with Gasteiger partial charge >= 0.3 is 0 Å². The number of carbonyl (C=O) groups is 2. The fourth-order valence-electron chi connectivity index (χ4n) is 1.76. The smallest absolute Gasteiger partial charge is 0.293 e. The first-order valence-corrected chi connectivity index (χ1v) is 7.75. The number of pyridine rings is 1. The number of ether oxygens (including phenoxy) is 1. The summed E-state index contributed by atoms with van der Waals surface area (Å²) in [5.74, 6) is 0.263. The number of nitrogens with zero attached hydrogens (tertiary/aromatic N) is 1. The number of carbonyl (C=O) groups excluding carboxylic acids is 2. The highest BCUT2D eigenvalue weighted by molar-refractivity contribution is 5.95. The van der Waals surface area contributed by atoms with Gasteiger partial charge in [-0.05, 0) is 37.3 Å². The van der Waals surface area contributed by atoms with Gasteiger partial charge in [0.15, 0.2) is 0 Å². The van der Waals surface area contributed by atoms with Crippen molar-refractivity contribution in [2.45, 2.75) is 52.9 Å². The predicted molar refractivity (Wildman–Crippen MR) is 88.0 cm³/mol. The Morgan fingerprint density at radius 3 is 2.64 bits per heavy atom. The molecule has 1 heterocycles. The van der Waals surface area contributed by atoms with Gasteiger partial charge in [0.05, 0.1) is 17.9 Å². The van der Waals surface area contributed by atoms with Gasteiger partial charge in [0.25, 0.3) is 12.4 Å². The van der Waals surface area contributed by atoms with Gasteiger partial charge in [-0.15, -0.1) is 0 Å². The molecule has 0 bridgehead atoms. The van der Waals surface area contributed by atoms with Crippen LogP contribution in [0.15, 0.2) is 12.3 Å². The van der Waals surface area contributed by atoms with Gasteiger partial charge in [0.1, 0.15) is 0 Å². The molecule has 0 aliphatic carbocycles. The van der Waals surface area contributed by atoms with E-state index < -0.39 is 0 Å². The number of rotatable bonds is 7. The molecular formula is C17H28N2O3. The van der Waals surface area contributed by atoms with Gasteiger partial charge in [-0.1, -0.05) is 27.2 Å². The number of hydrogen-bond donors (Lipinski definition) is 1. The largest absolute Gasteiger partial charge is 0.468 e. The van der Waals surface area contributed by atoms with Crippen LogP contribution in [0.3, 0.4) is 0 Å². The molecule has 0 saturated heterocycles. The highest BCUT2D eigenvalue weighted by Gasteiger charge is 2.15. The molecule has 0 saturated carbocycles. The molecule has 0 aliphatic heterocycles. The van der Waals surface area contributed by atoms with Crippen LogP contribution in [0.25, 0.3) is 0 Å². The second kappa shape index (κ2) is 11.7. The zero-order valence-corrected chi connectivity index (χ0v) is 14.3. The van der Waals surface area contributed by atoms with Crippen molar-refractivity contribution in [3.63, 3.8) is 0 Å². The standard InChI is InChI=1S/C12H18N2O.C5H10O2/c1-5-9(3)11-10(12(15)13-4)6-8(2)7-14-11;1-2-3-4-7-5-6/h6-7,9H,5H2,1-4H3,(H,13,15);5H,2-4H2,1H3. The van der Waals surface area contributed by atoms with Crippen molar-refractivity contribution in [3.8, 4) is 0 Å². The molecule has 22 heavy (non-hydrogen) atoms. The summed E-state index contributed by atoms with van der Waals surface area (Å²) in [4.78, 5) is 25.5. The maximum atomic E-state index is 11.7. The van der Waals surface area contributed by atoms with Gasteiger partial charge in [0, 0.05) is 13.2 Å². The Kier molecular flexibility index (Phi) is 10.7. The Hall–Kier alpha value is -1.91. The second-order valence-corrected chi connectivity index (χ2v) is 5.15. The summed E-state index contributed by atoms with van der Waals surface area (Å²) in [7, 11) is 1.64. The molecule has 5 nitrogen and oxygen atoms in total. The molecule has 1 N–H and O–H groups in total. The fraction of sp³-hybridized carbons (Fsp3) is 0.588. The van der Waals surface area contributed by atoms with E-state index in [0.717, 1.165) is 30.5 Å². The third-order valence-corrected chi connectivity index (χ3v) is 3.29. The monoisotopic (exact) mass is 308 g/mol. The molecule has 0 aromatic carbocycles. The Morgan fingerprint density at radius 1 is 1.45 bits per heavy atom. The predicted octanol–water partition coefficient (Wildman–Crippen LogP) is 3.22. The molecule has 1 amide bonds. The normalized spacial score (nSPS) is 11.0. The molecule has 1 aromatic heterocycles. The van der Waals surface area contributed by atoms with E-state index in [1.54, 1.807) is 7.05 Å². The quantitative estimate of drug-likeness (QED) is 0.620. The van der Waals surface area contributed by atoms with Crippen LogP contribution >= 0.6 is 0 Å². The van der Waals surface area contributed by atoms with Crippen molar-refractivity contribution >= 4 is 12.4 Å². The lowest BCUT2D eigenvalue weighted by Gasteiger charge is -2.13. The molecule has 0 spiro atoms. The van der Waals surface area contributed by atoms with Gasteiger partial charge in [-0.3, -0.25) is 14.6 Å². The highest BCUT2D eigenvalue weighted by Crippen LogP contribution is 2.21. The van der Waals surface area contributed by atoms with E-state index in [9.17, 15) is 9.59 Å². The molecule has 0 radical (unpaired) electrons. The Labute approximate surface area is 133 Å². The second-order valence-electron chi connectivity index (χ2n) is 5.15. The molecule has 124 valence electrons. The van der Waals surface area contributed by atoms with Crippen LogP contribution in [-0.4, -0.2) is 31.0 Å². The molecule has 5 heteroatoms. The number of amides is 1. The number of hydrogen-bond acceptors (Lipinski definition) is 4. The maximum Gasteiger partial charge on any atom is 0.293 e. The fourth-order valence-corrected chi connectivity index (χ4v) is 1.76. The van der Waals surface area contributed by atoms with E-state index in [4.69, 9.17) is 0 Å². The van der Waals surface area contributed by atoms with Crippen LogP contribution in [0, 0.1) is 6.92 Å². The van der Waals surface area contributed by atoms with E-state index in [0.29, 0.717) is 24.6 Å². The van der Waals surface area contributed by atoms with Crippen LogP contribution in [0.1, 0.15) is 67.6 Å². The molecule has 1 rings (SSSR count). The molecule has 1 unspecified atom stereocenters. The average Bonchev–Trinajstić information content (AvgIpc) is 2.54. The summed E-state index contributed by atoms with van der Waals surface area (Å²) in [5.41, 5.74) is 2.61. The van der Waals surface area contributed by atoms with E-state index in [1.807, 2.05) is 26.1 Å². The lowest BCUT2D eigenvalue weighted by molar-refractivity contribution is -0.128. The van der Waals surface area contributed by atoms with Crippen molar-refractivity contribution in [3.05, 3.63) is 29.1 Å². The minimum absolute atomic E-state index is 0.0542. The number of unbranched alkanes of at least 4 members (excludes halogenated alkanes) is 1. The van der Waals surface area contributed by atoms with Gasteiger partial charge < -0.3 is 10.1 Å². The van der Waals surface area contributed by atoms with Crippen LogP contribution in [0.2, 0.25) is 0 Å². The van der Waals surface area contributed by atoms with E-state index in [2.05, 4.69) is 28.9 Å². The topological polar surface area (TPSA) is 68.3 Å². The summed E-state index contributed by atoms with van der Waals surface area (Å²) < 4.78 is 4.39. The highest BCUT2D eigenvalue weighted by atomic mass is 16.5. The van der Waals surface area contributed by atoms with Crippen molar-refractivity contribution in [2.24, 2.45) is 0 Å². The first-order chi connectivity index (χ1) is 10.5. The van der Waals surface area contributed by atoms with E-state index >= 15 is 0 Å². The van der Waals surface area contributed by atoms with Gasteiger partial charge in [-0.2, -0.15) is 0 Å². The lowest BCUT2D eigenvalue weighted by Crippen LogP contribution is -2.21. The number of aromatic nitrogens is 1. The van der Waals surface area contributed by atoms with Crippen molar-refractivity contribution < 1.29 is 14.3 Å². The van der Waals surface area contributed by atoms with Crippen molar-refractivity contribution in [1.82, 2.24) is 10.3 Å². The summed E-state index contributed by atoms with van der Waals surface area (Å²) in [5, 5.41) is 2.65. The van der Waals surface area contributed by atoms with Crippen LogP contribution in [-0.2, 0) is 9.53 Å². The number of aryl methyl sites for hydroxylation is 1. The average molecular weight is 308 g/mol. The first kappa shape index (κ1) is 20.1.